The molecule has 0 atom stereocenters. The number of aryl methyl sites for hydroxylation is 3. The zero-order valence-corrected chi connectivity index (χ0v) is 23.5. The molecule has 0 heteroatoms. The van der Waals surface area contributed by atoms with E-state index in [2.05, 4.69) is 120 Å². The molecule has 1 fully saturated rings. The van der Waals surface area contributed by atoms with Crippen LogP contribution in [0, 0.1) is 27.7 Å². The van der Waals surface area contributed by atoms with Gasteiger partial charge in [0.2, 0.25) is 0 Å². The van der Waals surface area contributed by atoms with Crippen LogP contribution in [0.4, 0.5) is 0 Å². The zero-order valence-electron chi connectivity index (χ0n) is 23.5. The maximum Gasteiger partial charge on any atom is -0.00673 e. The van der Waals surface area contributed by atoms with E-state index in [0.29, 0.717) is 0 Å². The lowest BCUT2D eigenvalue weighted by Crippen LogP contribution is -1.99. The molecule has 1 saturated carbocycles. The maximum absolute atomic E-state index is 2.41. The van der Waals surface area contributed by atoms with Gasteiger partial charge in [0.1, 0.15) is 0 Å². The van der Waals surface area contributed by atoms with Gasteiger partial charge in [0, 0.05) is 0 Å². The quantitative estimate of drug-likeness (QED) is 0.259. The molecular formula is C38H38. The molecule has 190 valence electrons. The highest BCUT2D eigenvalue weighted by Gasteiger charge is 2.27. The Balaban J connectivity index is 1.52. The third kappa shape index (κ3) is 4.47. The van der Waals surface area contributed by atoms with Crippen LogP contribution >= 0.6 is 0 Å². The first-order chi connectivity index (χ1) is 18.4. The first kappa shape index (κ1) is 24.7. The summed E-state index contributed by atoms with van der Waals surface area (Å²) < 4.78 is 0. The van der Waals surface area contributed by atoms with Gasteiger partial charge in [-0.05, 0) is 133 Å². The summed E-state index contributed by atoms with van der Waals surface area (Å²) in [5.41, 5.74) is 19.3. The highest BCUT2D eigenvalue weighted by Crippen LogP contribution is 2.46. The van der Waals surface area contributed by atoms with Gasteiger partial charge < -0.3 is 0 Å². The van der Waals surface area contributed by atoms with E-state index in [9.17, 15) is 0 Å². The highest BCUT2D eigenvalue weighted by molar-refractivity contribution is 5.93. The summed E-state index contributed by atoms with van der Waals surface area (Å²) in [5, 5.41) is 0. The molecule has 4 aromatic carbocycles. The fourth-order valence-electron chi connectivity index (χ4n) is 6.34. The number of allylic oxidation sites excluding steroid dienone is 4. The Hall–Kier alpha value is -3.64. The molecule has 0 nitrogen and oxygen atoms in total. The van der Waals surface area contributed by atoms with Crippen molar-refractivity contribution in [3.05, 3.63) is 124 Å². The molecule has 2 aliphatic rings. The fourth-order valence-corrected chi connectivity index (χ4v) is 6.34. The second-order valence-corrected chi connectivity index (χ2v) is 11.5. The summed E-state index contributed by atoms with van der Waals surface area (Å²) >= 11 is 0. The van der Waals surface area contributed by atoms with E-state index < -0.39 is 0 Å². The van der Waals surface area contributed by atoms with E-state index in [4.69, 9.17) is 0 Å². The molecule has 6 rings (SSSR count). The average Bonchev–Trinajstić information content (AvgIpc) is 3.76. The molecule has 0 bridgehead atoms. The van der Waals surface area contributed by atoms with Crippen molar-refractivity contribution < 1.29 is 0 Å². The van der Waals surface area contributed by atoms with E-state index in [0.717, 1.165) is 18.8 Å². The predicted molar refractivity (Wildman–Crippen MR) is 165 cm³/mol. The topological polar surface area (TPSA) is 0 Å². The van der Waals surface area contributed by atoms with Crippen molar-refractivity contribution in [2.75, 3.05) is 0 Å². The predicted octanol–water partition coefficient (Wildman–Crippen LogP) is 10.9. The second kappa shape index (κ2) is 9.91. The van der Waals surface area contributed by atoms with Crippen molar-refractivity contribution in [2.45, 2.75) is 66.2 Å². The Kier molecular flexibility index (Phi) is 6.44. The van der Waals surface area contributed by atoms with Crippen LogP contribution in [0.5, 0.6) is 0 Å². The van der Waals surface area contributed by atoms with Gasteiger partial charge in [0.25, 0.3) is 0 Å². The minimum Gasteiger partial charge on any atom is -0.0836 e. The van der Waals surface area contributed by atoms with E-state index in [-0.39, 0.29) is 0 Å². The molecule has 0 aliphatic heterocycles. The molecule has 0 amide bonds. The summed E-state index contributed by atoms with van der Waals surface area (Å²) in [5.74, 6) is 0.735. The molecule has 0 N–H and O–H groups in total. The van der Waals surface area contributed by atoms with Crippen LogP contribution in [0.3, 0.4) is 0 Å². The molecule has 0 spiro atoms. The maximum atomic E-state index is 2.41. The van der Waals surface area contributed by atoms with Crippen LogP contribution in [-0.2, 0) is 0 Å². The van der Waals surface area contributed by atoms with Crippen LogP contribution in [0.15, 0.2) is 90.5 Å². The van der Waals surface area contributed by atoms with E-state index in [1.54, 1.807) is 0 Å². The number of hydrogen-bond acceptors (Lipinski definition) is 0. The molecule has 38 heavy (non-hydrogen) atoms. The van der Waals surface area contributed by atoms with Gasteiger partial charge in [-0.15, -0.1) is 0 Å². The van der Waals surface area contributed by atoms with E-state index >= 15 is 0 Å². The minimum absolute atomic E-state index is 0.735. The van der Waals surface area contributed by atoms with Crippen LogP contribution in [0.1, 0.15) is 71.9 Å². The third-order valence-electron chi connectivity index (χ3n) is 8.65. The highest BCUT2D eigenvalue weighted by atomic mass is 14.3. The summed E-state index contributed by atoms with van der Waals surface area (Å²) in [4.78, 5) is 0. The molecular weight excluding hydrogens is 456 g/mol. The first-order valence-electron chi connectivity index (χ1n) is 14.2. The molecule has 0 heterocycles. The summed E-state index contributed by atoms with van der Waals surface area (Å²) in [6.07, 6.45) is 9.60. The van der Waals surface area contributed by atoms with Gasteiger partial charge in [0.05, 0.1) is 0 Å². The van der Waals surface area contributed by atoms with Crippen molar-refractivity contribution in [3.63, 3.8) is 0 Å². The average molecular weight is 495 g/mol. The third-order valence-corrected chi connectivity index (χ3v) is 8.65. The Morgan fingerprint density at radius 1 is 0.632 bits per heavy atom. The van der Waals surface area contributed by atoms with Gasteiger partial charge in [0.15, 0.2) is 0 Å². The lowest BCUT2D eigenvalue weighted by molar-refractivity contribution is 0.967. The number of benzene rings is 4. The lowest BCUT2D eigenvalue weighted by atomic mass is 9.82. The monoisotopic (exact) mass is 494 g/mol. The van der Waals surface area contributed by atoms with Crippen molar-refractivity contribution in [3.8, 4) is 33.4 Å². The normalized spacial score (nSPS) is 15.3. The number of hydrogen-bond donors (Lipinski definition) is 0. The Labute approximate surface area is 228 Å². The molecule has 2 aliphatic carbocycles. The smallest absolute Gasteiger partial charge is 0.00673 e. The summed E-state index contributed by atoms with van der Waals surface area (Å²) in [6, 6.07) is 27.7. The van der Waals surface area contributed by atoms with Crippen molar-refractivity contribution in [1.82, 2.24) is 0 Å². The first-order valence-corrected chi connectivity index (χ1v) is 14.2. The molecule has 0 unspecified atom stereocenters. The Bertz CT molecular complexity index is 1600. The van der Waals surface area contributed by atoms with Gasteiger partial charge in [-0.2, -0.15) is 0 Å². The van der Waals surface area contributed by atoms with Crippen LogP contribution in [0.2, 0.25) is 0 Å². The SMILES string of the molecule is CC1=C(c2ccc(-c3ccc(-c4ccc(C)cc4C4CC4)c(C)c3)c(-c3ccccc3C)c2C)C=CCC1. The Morgan fingerprint density at radius 3 is 2.11 bits per heavy atom. The van der Waals surface area contributed by atoms with E-state index in [1.807, 2.05) is 0 Å². The Morgan fingerprint density at radius 2 is 1.37 bits per heavy atom. The standard InChI is InChI=1S/C38H38/c1-24-14-18-36(37(22-24)29-15-16-29)32-19-17-30(23-27(32)4)35-21-20-34(31-12-8-6-10-25(31)2)28(5)38(35)33-13-9-7-11-26(33)3/h7-9,11-14,17-23,29H,6,10,15-16H2,1-5H3. The largest absolute Gasteiger partial charge is 0.0836 e. The van der Waals surface area contributed by atoms with Crippen LogP contribution < -0.4 is 0 Å². The van der Waals surface area contributed by atoms with Gasteiger partial charge in [-0.1, -0.05) is 96.1 Å². The van der Waals surface area contributed by atoms with Gasteiger partial charge >= 0.3 is 0 Å². The van der Waals surface area contributed by atoms with Crippen LogP contribution in [-0.4, -0.2) is 0 Å². The minimum atomic E-state index is 0.735. The summed E-state index contributed by atoms with van der Waals surface area (Å²) in [6.45, 7) is 11.3. The molecule has 0 aromatic heterocycles. The lowest BCUT2D eigenvalue weighted by Gasteiger charge is -2.22. The molecule has 0 radical (unpaired) electrons. The van der Waals surface area contributed by atoms with E-state index in [1.165, 1.54) is 90.7 Å². The van der Waals surface area contributed by atoms with Crippen LogP contribution in [0.25, 0.3) is 39.0 Å². The summed E-state index contributed by atoms with van der Waals surface area (Å²) in [7, 11) is 0. The van der Waals surface area contributed by atoms with Crippen molar-refractivity contribution in [1.29, 1.82) is 0 Å². The second-order valence-electron chi connectivity index (χ2n) is 11.5. The fraction of sp³-hybridized carbons (Fsp3) is 0.263. The molecule has 0 saturated heterocycles. The zero-order chi connectivity index (χ0) is 26.4. The van der Waals surface area contributed by atoms with Gasteiger partial charge in [-0.3, -0.25) is 0 Å². The number of rotatable bonds is 5. The van der Waals surface area contributed by atoms with Crippen molar-refractivity contribution in [2.24, 2.45) is 0 Å². The van der Waals surface area contributed by atoms with Gasteiger partial charge in [-0.25, -0.2) is 0 Å². The molecule has 4 aromatic rings. The van der Waals surface area contributed by atoms with Crippen molar-refractivity contribution >= 4 is 5.57 Å².